The number of carbonyl (C=O) groups excluding carboxylic acids is 1. The molecular formula is C12H20N2O2. The maximum atomic E-state index is 11.8. The minimum absolute atomic E-state index is 0.0393. The van der Waals surface area contributed by atoms with Crippen molar-refractivity contribution in [3.8, 4) is 0 Å². The van der Waals surface area contributed by atoms with Gasteiger partial charge in [-0.15, -0.1) is 0 Å². The van der Waals surface area contributed by atoms with E-state index in [0.29, 0.717) is 17.9 Å². The zero-order chi connectivity index (χ0) is 12.1. The number of nitrogens with zero attached hydrogens (tertiary/aromatic N) is 1. The first-order valence-electron chi connectivity index (χ1n) is 5.50. The van der Waals surface area contributed by atoms with E-state index in [-0.39, 0.29) is 5.91 Å². The molecule has 0 bridgehead atoms. The summed E-state index contributed by atoms with van der Waals surface area (Å²) in [5, 5.41) is 2.90. The Labute approximate surface area is 96.6 Å². The highest BCUT2D eigenvalue weighted by molar-refractivity contribution is 5.96. The first-order valence-corrected chi connectivity index (χ1v) is 5.50. The molecule has 0 spiro atoms. The number of furan rings is 1. The Morgan fingerprint density at radius 3 is 2.62 bits per heavy atom. The van der Waals surface area contributed by atoms with E-state index in [2.05, 4.69) is 10.2 Å². The van der Waals surface area contributed by atoms with Gasteiger partial charge in [0.25, 0.3) is 5.91 Å². The van der Waals surface area contributed by atoms with Crippen LogP contribution < -0.4 is 5.32 Å². The van der Waals surface area contributed by atoms with Gasteiger partial charge in [0, 0.05) is 12.1 Å². The molecule has 1 amide bonds. The van der Waals surface area contributed by atoms with Crippen LogP contribution >= 0.6 is 0 Å². The van der Waals surface area contributed by atoms with Crippen molar-refractivity contribution in [3.63, 3.8) is 0 Å². The predicted molar refractivity (Wildman–Crippen MR) is 63.7 cm³/mol. The fourth-order valence-electron chi connectivity index (χ4n) is 1.60. The van der Waals surface area contributed by atoms with Gasteiger partial charge in [0.15, 0.2) is 0 Å². The predicted octanol–water partition coefficient (Wildman–Crippen LogP) is 1.58. The van der Waals surface area contributed by atoms with Crippen molar-refractivity contribution in [1.82, 2.24) is 10.2 Å². The van der Waals surface area contributed by atoms with Crippen molar-refractivity contribution < 1.29 is 9.21 Å². The largest absolute Gasteiger partial charge is 0.469 e. The molecule has 1 N–H and O–H groups in total. The van der Waals surface area contributed by atoms with Crippen LogP contribution in [0.1, 0.15) is 28.1 Å². The molecule has 4 nitrogen and oxygen atoms in total. The lowest BCUT2D eigenvalue weighted by Gasteiger charge is -2.09. The summed E-state index contributed by atoms with van der Waals surface area (Å²) < 4.78 is 5.19. The second kappa shape index (κ2) is 5.70. The smallest absolute Gasteiger partial charge is 0.255 e. The zero-order valence-corrected chi connectivity index (χ0v) is 10.5. The summed E-state index contributed by atoms with van der Waals surface area (Å²) in [7, 11) is 4.04. The number of amides is 1. The number of aryl methyl sites for hydroxylation is 2. The van der Waals surface area contributed by atoms with Crippen LogP contribution in [0.2, 0.25) is 0 Å². The highest BCUT2D eigenvalue weighted by Gasteiger charge is 2.14. The van der Waals surface area contributed by atoms with Gasteiger partial charge in [0.2, 0.25) is 0 Å². The zero-order valence-electron chi connectivity index (χ0n) is 10.5. The monoisotopic (exact) mass is 224 g/mol. The minimum Gasteiger partial charge on any atom is -0.469 e. The van der Waals surface area contributed by atoms with Crippen LogP contribution in [0, 0.1) is 13.8 Å². The Bertz CT molecular complexity index is 336. The molecule has 0 unspecified atom stereocenters. The van der Waals surface area contributed by atoms with Gasteiger partial charge < -0.3 is 14.6 Å². The lowest BCUT2D eigenvalue weighted by atomic mass is 10.1. The SMILES string of the molecule is Cc1coc(C)c1C(=O)NCCCN(C)C. The van der Waals surface area contributed by atoms with E-state index >= 15 is 0 Å². The number of rotatable bonds is 5. The fourth-order valence-corrected chi connectivity index (χ4v) is 1.60. The number of nitrogens with one attached hydrogen (secondary N) is 1. The first-order chi connectivity index (χ1) is 7.52. The van der Waals surface area contributed by atoms with Gasteiger partial charge in [-0.2, -0.15) is 0 Å². The maximum absolute atomic E-state index is 11.8. The molecule has 0 aliphatic heterocycles. The number of hydrogen-bond acceptors (Lipinski definition) is 3. The fraction of sp³-hybridized carbons (Fsp3) is 0.583. The summed E-state index contributed by atoms with van der Waals surface area (Å²) >= 11 is 0. The molecule has 90 valence electrons. The summed E-state index contributed by atoms with van der Waals surface area (Å²) in [6.07, 6.45) is 2.57. The van der Waals surface area contributed by atoms with Crippen LogP contribution in [0.3, 0.4) is 0 Å². The molecule has 4 heteroatoms. The molecule has 0 aliphatic carbocycles. The topological polar surface area (TPSA) is 45.5 Å². The van der Waals surface area contributed by atoms with E-state index in [9.17, 15) is 4.79 Å². The van der Waals surface area contributed by atoms with Crippen LogP contribution in [0.5, 0.6) is 0 Å². The van der Waals surface area contributed by atoms with Gasteiger partial charge in [0.1, 0.15) is 5.76 Å². The highest BCUT2D eigenvalue weighted by Crippen LogP contribution is 2.14. The molecule has 0 aliphatic rings. The van der Waals surface area contributed by atoms with Crippen LogP contribution in [0.15, 0.2) is 10.7 Å². The number of hydrogen-bond donors (Lipinski definition) is 1. The van der Waals surface area contributed by atoms with E-state index < -0.39 is 0 Å². The second-order valence-corrected chi connectivity index (χ2v) is 4.26. The molecule has 16 heavy (non-hydrogen) atoms. The Balaban J connectivity index is 2.41. The van der Waals surface area contributed by atoms with Crippen molar-refractivity contribution in [2.24, 2.45) is 0 Å². The maximum Gasteiger partial charge on any atom is 0.255 e. The Morgan fingerprint density at radius 2 is 2.12 bits per heavy atom. The third kappa shape index (κ3) is 3.38. The van der Waals surface area contributed by atoms with Crippen molar-refractivity contribution in [1.29, 1.82) is 0 Å². The van der Waals surface area contributed by atoms with Gasteiger partial charge >= 0.3 is 0 Å². The van der Waals surface area contributed by atoms with Crippen molar-refractivity contribution >= 4 is 5.91 Å². The molecule has 0 fully saturated rings. The summed E-state index contributed by atoms with van der Waals surface area (Å²) in [4.78, 5) is 13.9. The molecular weight excluding hydrogens is 204 g/mol. The third-order valence-electron chi connectivity index (χ3n) is 2.45. The molecule has 1 aromatic rings. The first kappa shape index (κ1) is 12.8. The van der Waals surface area contributed by atoms with E-state index in [1.54, 1.807) is 6.26 Å². The number of carbonyl (C=O) groups is 1. The van der Waals surface area contributed by atoms with Crippen LogP contribution in [0.4, 0.5) is 0 Å². The lowest BCUT2D eigenvalue weighted by molar-refractivity contribution is 0.0950. The molecule has 0 saturated carbocycles. The Kier molecular flexibility index (Phi) is 4.55. The second-order valence-electron chi connectivity index (χ2n) is 4.26. The van der Waals surface area contributed by atoms with Crippen molar-refractivity contribution in [2.75, 3.05) is 27.2 Å². The van der Waals surface area contributed by atoms with Crippen molar-refractivity contribution in [2.45, 2.75) is 20.3 Å². The molecule has 0 aromatic carbocycles. The van der Waals surface area contributed by atoms with E-state index in [4.69, 9.17) is 4.42 Å². The van der Waals surface area contributed by atoms with E-state index in [1.807, 2.05) is 27.9 Å². The van der Waals surface area contributed by atoms with E-state index in [0.717, 1.165) is 18.5 Å². The average Bonchev–Trinajstić information content (AvgIpc) is 2.53. The molecule has 1 rings (SSSR count). The van der Waals surface area contributed by atoms with Crippen LogP contribution in [-0.4, -0.2) is 38.0 Å². The summed E-state index contributed by atoms with van der Waals surface area (Å²) in [6.45, 7) is 5.36. The van der Waals surface area contributed by atoms with Gasteiger partial charge in [-0.1, -0.05) is 0 Å². The molecule has 0 radical (unpaired) electrons. The Hall–Kier alpha value is -1.29. The summed E-state index contributed by atoms with van der Waals surface area (Å²) in [5.41, 5.74) is 1.56. The quantitative estimate of drug-likeness (QED) is 0.772. The summed E-state index contributed by atoms with van der Waals surface area (Å²) in [6, 6.07) is 0. The van der Waals surface area contributed by atoms with Crippen LogP contribution in [0.25, 0.3) is 0 Å². The van der Waals surface area contributed by atoms with Crippen molar-refractivity contribution in [3.05, 3.63) is 23.2 Å². The molecule has 0 saturated heterocycles. The van der Waals surface area contributed by atoms with Gasteiger partial charge in [-0.3, -0.25) is 4.79 Å². The minimum atomic E-state index is -0.0393. The summed E-state index contributed by atoms with van der Waals surface area (Å²) in [5.74, 6) is 0.644. The lowest BCUT2D eigenvalue weighted by Crippen LogP contribution is -2.27. The molecule has 0 atom stereocenters. The van der Waals surface area contributed by atoms with Gasteiger partial charge in [-0.25, -0.2) is 0 Å². The van der Waals surface area contributed by atoms with E-state index in [1.165, 1.54) is 0 Å². The average molecular weight is 224 g/mol. The third-order valence-corrected chi connectivity index (χ3v) is 2.45. The van der Waals surface area contributed by atoms with Gasteiger partial charge in [-0.05, 0) is 40.9 Å². The van der Waals surface area contributed by atoms with Crippen LogP contribution in [-0.2, 0) is 0 Å². The molecule has 1 heterocycles. The molecule has 1 aromatic heterocycles. The normalized spacial score (nSPS) is 10.8. The Morgan fingerprint density at radius 1 is 1.44 bits per heavy atom. The highest BCUT2D eigenvalue weighted by atomic mass is 16.3. The van der Waals surface area contributed by atoms with Gasteiger partial charge in [0.05, 0.1) is 11.8 Å². The standard InChI is InChI=1S/C12H20N2O2/c1-9-8-16-10(2)11(9)12(15)13-6-5-7-14(3)4/h8H,5-7H2,1-4H3,(H,13,15).